The zero-order valence-electron chi connectivity index (χ0n) is 13.9. The van der Waals surface area contributed by atoms with Gasteiger partial charge >= 0.3 is 5.97 Å². The number of ether oxygens (including phenoxy) is 1. The molecule has 2 rings (SSSR count). The van der Waals surface area contributed by atoms with E-state index in [0.717, 1.165) is 5.56 Å². The van der Waals surface area contributed by atoms with Crippen LogP contribution < -0.4 is 5.32 Å². The number of carbonyl (C=O) groups is 1. The van der Waals surface area contributed by atoms with Crippen LogP contribution in [0.15, 0.2) is 24.3 Å². The summed E-state index contributed by atoms with van der Waals surface area (Å²) >= 11 is 0. The Labute approximate surface area is 132 Å². The Morgan fingerprint density at radius 2 is 2.00 bits per heavy atom. The van der Waals surface area contributed by atoms with Crippen molar-refractivity contribution in [1.82, 2.24) is 5.32 Å². The van der Waals surface area contributed by atoms with E-state index < -0.39 is 6.10 Å². The highest BCUT2D eigenvalue weighted by Gasteiger charge is 2.35. The molecule has 1 aromatic carbocycles. The molecule has 4 nitrogen and oxygen atoms in total. The number of aliphatic hydroxyl groups is 1. The summed E-state index contributed by atoms with van der Waals surface area (Å²) in [5.41, 5.74) is 2.46. The molecule has 22 heavy (non-hydrogen) atoms. The van der Waals surface area contributed by atoms with Crippen molar-refractivity contribution >= 4 is 5.97 Å². The minimum absolute atomic E-state index is 0.0478. The first-order valence-corrected chi connectivity index (χ1v) is 8.03. The number of piperidine rings is 1. The van der Waals surface area contributed by atoms with E-state index in [1.165, 1.54) is 12.7 Å². The van der Waals surface area contributed by atoms with Crippen LogP contribution in [0.3, 0.4) is 0 Å². The van der Waals surface area contributed by atoms with Gasteiger partial charge in [-0.15, -0.1) is 0 Å². The van der Waals surface area contributed by atoms with E-state index in [1.54, 1.807) is 0 Å². The zero-order valence-corrected chi connectivity index (χ0v) is 13.9. The largest absolute Gasteiger partial charge is 0.469 e. The molecule has 4 atom stereocenters. The average molecular weight is 305 g/mol. The third-order valence-corrected chi connectivity index (χ3v) is 4.68. The first-order valence-electron chi connectivity index (χ1n) is 8.03. The fourth-order valence-electron chi connectivity index (χ4n) is 3.12. The molecule has 1 aliphatic rings. The molecule has 0 spiro atoms. The van der Waals surface area contributed by atoms with E-state index in [-0.39, 0.29) is 24.0 Å². The molecule has 1 aliphatic heterocycles. The number of rotatable bonds is 4. The molecule has 1 aromatic rings. The van der Waals surface area contributed by atoms with Crippen LogP contribution in [0.25, 0.3) is 0 Å². The highest BCUT2D eigenvalue weighted by Crippen LogP contribution is 2.33. The van der Waals surface area contributed by atoms with Crippen LogP contribution in [0.4, 0.5) is 0 Å². The van der Waals surface area contributed by atoms with Gasteiger partial charge in [-0.1, -0.05) is 45.0 Å². The Bertz CT molecular complexity index is 498. The topological polar surface area (TPSA) is 58.6 Å². The van der Waals surface area contributed by atoms with Gasteiger partial charge in [-0.25, -0.2) is 0 Å². The van der Waals surface area contributed by atoms with Crippen molar-refractivity contribution in [2.45, 2.75) is 57.7 Å². The summed E-state index contributed by atoms with van der Waals surface area (Å²) < 4.78 is 4.74. The minimum atomic E-state index is -0.411. The van der Waals surface area contributed by atoms with Crippen molar-refractivity contribution in [2.24, 2.45) is 5.92 Å². The Balaban J connectivity index is 2.14. The maximum atomic E-state index is 11.5. The predicted molar refractivity (Wildman–Crippen MR) is 86.6 cm³/mol. The van der Waals surface area contributed by atoms with E-state index in [4.69, 9.17) is 4.74 Å². The highest BCUT2D eigenvalue weighted by molar-refractivity contribution is 5.69. The van der Waals surface area contributed by atoms with Gasteiger partial charge in [0, 0.05) is 18.0 Å². The Morgan fingerprint density at radius 1 is 1.36 bits per heavy atom. The van der Waals surface area contributed by atoms with E-state index in [1.807, 2.05) is 6.92 Å². The summed E-state index contributed by atoms with van der Waals surface area (Å²) in [4.78, 5) is 11.5. The van der Waals surface area contributed by atoms with E-state index in [0.29, 0.717) is 18.8 Å². The Morgan fingerprint density at radius 3 is 2.55 bits per heavy atom. The van der Waals surface area contributed by atoms with Crippen molar-refractivity contribution in [3.8, 4) is 0 Å². The van der Waals surface area contributed by atoms with Crippen LogP contribution in [0.5, 0.6) is 0 Å². The van der Waals surface area contributed by atoms with Gasteiger partial charge < -0.3 is 15.2 Å². The predicted octanol–water partition coefficient (Wildman–Crippen LogP) is 2.77. The highest BCUT2D eigenvalue weighted by atomic mass is 16.5. The summed E-state index contributed by atoms with van der Waals surface area (Å²) in [7, 11) is 1.40. The van der Waals surface area contributed by atoms with E-state index in [2.05, 4.69) is 43.4 Å². The first-order chi connectivity index (χ1) is 10.4. The zero-order chi connectivity index (χ0) is 16.3. The fraction of sp³-hybridized carbons (Fsp3) is 0.611. The van der Waals surface area contributed by atoms with Gasteiger partial charge in [-0.3, -0.25) is 4.79 Å². The smallest absolute Gasteiger partial charge is 0.307 e. The number of hydrogen-bond acceptors (Lipinski definition) is 4. The maximum absolute atomic E-state index is 11.5. The van der Waals surface area contributed by atoms with Crippen molar-refractivity contribution in [3.63, 3.8) is 0 Å². The van der Waals surface area contributed by atoms with E-state index >= 15 is 0 Å². The second-order valence-corrected chi connectivity index (χ2v) is 6.61. The van der Waals surface area contributed by atoms with Gasteiger partial charge in [-0.05, 0) is 23.5 Å². The molecule has 0 bridgehead atoms. The molecule has 0 aliphatic carbocycles. The second kappa shape index (κ2) is 7.25. The summed E-state index contributed by atoms with van der Waals surface area (Å²) in [6.45, 7) is 6.40. The maximum Gasteiger partial charge on any atom is 0.307 e. The monoisotopic (exact) mass is 305 g/mol. The quantitative estimate of drug-likeness (QED) is 0.840. The lowest BCUT2D eigenvalue weighted by Gasteiger charge is -2.39. The molecule has 0 amide bonds. The molecular formula is C18H27NO3. The van der Waals surface area contributed by atoms with E-state index in [9.17, 15) is 9.90 Å². The lowest BCUT2D eigenvalue weighted by atomic mass is 9.81. The molecule has 2 N–H and O–H groups in total. The molecule has 4 heteroatoms. The first kappa shape index (κ1) is 17.0. The van der Waals surface area contributed by atoms with Gasteiger partial charge in [0.25, 0.3) is 0 Å². The molecule has 0 radical (unpaired) electrons. The number of methoxy groups -OCH3 is 1. The molecule has 0 saturated carbocycles. The SMILES string of the molecule is COC(=O)C[C@H]1C[C@H](O)[C@@H](C)[C@@H](c2ccc(C(C)C)cc2)N1. The van der Waals surface area contributed by atoms with Crippen molar-refractivity contribution < 1.29 is 14.6 Å². The second-order valence-electron chi connectivity index (χ2n) is 6.61. The summed E-state index contributed by atoms with van der Waals surface area (Å²) in [6, 6.07) is 8.54. The number of carbonyl (C=O) groups excluding carboxylic acids is 1. The van der Waals surface area contributed by atoms with Gasteiger partial charge in [0.1, 0.15) is 0 Å². The van der Waals surface area contributed by atoms with Crippen molar-refractivity contribution in [1.29, 1.82) is 0 Å². The number of hydrogen-bond donors (Lipinski definition) is 2. The van der Waals surface area contributed by atoms with Gasteiger partial charge in [0.2, 0.25) is 0 Å². The number of esters is 1. The molecule has 122 valence electrons. The normalized spacial score (nSPS) is 28.6. The van der Waals surface area contributed by atoms with Crippen molar-refractivity contribution in [3.05, 3.63) is 35.4 Å². The molecule has 0 unspecified atom stereocenters. The molecule has 1 heterocycles. The molecule has 1 saturated heterocycles. The van der Waals surface area contributed by atoms with Crippen LogP contribution in [0.2, 0.25) is 0 Å². The van der Waals surface area contributed by atoms with Crippen LogP contribution in [0, 0.1) is 5.92 Å². The lowest BCUT2D eigenvalue weighted by Crippen LogP contribution is -2.48. The summed E-state index contributed by atoms with van der Waals surface area (Å²) in [5.74, 6) is 0.371. The molecular weight excluding hydrogens is 278 g/mol. The minimum Gasteiger partial charge on any atom is -0.469 e. The summed E-state index contributed by atoms with van der Waals surface area (Å²) in [6.07, 6.45) is 0.461. The molecule has 1 fully saturated rings. The van der Waals surface area contributed by atoms with Gasteiger partial charge in [0.15, 0.2) is 0 Å². The van der Waals surface area contributed by atoms with Crippen LogP contribution in [-0.4, -0.2) is 30.3 Å². The third-order valence-electron chi connectivity index (χ3n) is 4.68. The van der Waals surface area contributed by atoms with Gasteiger partial charge in [-0.2, -0.15) is 0 Å². The lowest BCUT2D eigenvalue weighted by molar-refractivity contribution is -0.141. The number of aliphatic hydroxyl groups excluding tert-OH is 1. The Kier molecular flexibility index (Phi) is 5.59. The van der Waals surface area contributed by atoms with Gasteiger partial charge in [0.05, 0.1) is 19.6 Å². The standard InChI is InChI=1S/C18H27NO3/c1-11(2)13-5-7-14(8-6-13)18-12(3)16(20)9-15(19-18)10-17(21)22-4/h5-8,11-12,15-16,18-20H,9-10H2,1-4H3/t12-,15-,16+,18+/m1/s1. The number of benzene rings is 1. The van der Waals surface area contributed by atoms with Crippen LogP contribution in [-0.2, 0) is 9.53 Å². The van der Waals surface area contributed by atoms with Crippen molar-refractivity contribution in [2.75, 3.05) is 7.11 Å². The van der Waals surface area contributed by atoms with Crippen LogP contribution in [0.1, 0.15) is 56.7 Å². The summed E-state index contributed by atoms with van der Waals surface area (Å²) in [5, 5.41) is 13.8. The number of nitrogens with one attached hydrogen (secondary N) is 1. The van der Waals surface area contributed by atoms with Crippen LogP contribution >= 0.6 is 0 Å². The molecule has 0 aromatic heterocycles. The average Bonchev–Trinajstić information content (AvgIpc) is 2.50. The fourth-order valence-corrected chi connectivity index (χ4v) is 3.12. The Hall–Kier alpha value is -1.39. The third kappa shape index (κ3) is 3.87.